The molecule has 5 heteroatoms. The Hall–Kier alpha value is -2.43. The average molecular weight is 210 g/mol. The summed E-state index contributed by atoms with van der Waals surface area (Å²) in [4.78, 5) is 0. The van der Waals surface area contributed by atoms with Gasteiger partial charge in [0.1, 0.15) is 11.9 Å². The van der Waals surface area contributed by atoms with Crippen molar-refractivity contribution < 1.29 is 4.42 Å². The van der Waals surface area contributed by atoms with Crippen LogP contribution >= 0.6 is 0 Å². The number of hydrogen-bond donors (Lipinski definition) is 0. The molecule has 0 N–H and O–H groups in total. The lowest BCUT2D eigenvalue weighted by atomic mass is 10.2. The second-order valence-electron chi connectivity index (χ2n) is 3.58. The van der Waals surface area contributed by atoms with Crippen LogP contribution < -0.4 is 0 Å². The first kappa shape index (κ1) is 7.81. The van der Waals surface area contributed by atoms with Gasteiger partial charge in [-0.2, -0.15) is 9.61 Å². The minimum Gasteiger partial charge on any atom is -0.452 e. The van der Waals surface area contributed by atoms with Gasteiger partial charge in [-0.25, -0.2) is 0 Å². The van der Waals surface area contributed by atoms with Crippen molar-refractivity contribution in [2.24, 2.45) is 0 Å². The van der Waals surface area contributed by atoms with E-state index in [-0.39, 0.29) is 0 Å². The first-order valence-corrected chi connectivity index (χ1v) is 4.90. The fourth-order valence-corrected chi connectivity index (χ4v) is 1.94. The van der Waals surface area contributed by atoms with E-state index in [9.17, 15) is 0 Å². The molecule has 5 nitrogen and oxygen atoms in total. The molecule has 0 amide bonds. The molecular weight excluding hydrogens is 204 g/mol. The van der Waals surface area contributed by atoms with Crippen molar-refractivity contribution in [1.29, 1.82) is 0 Å². The average Bonchev–Trinajstić information content (AvgIpc) is 2.92. The topological polar surface area (TPSA) is 56.2 Å². The summed E-state index contributed by atoms with van der Waals surface area (Å²) in [6.45, 7) is 0. The van der Waals surface area contributed by atoms with Gasteiger partial charge in [0.2, 0.25) is 5.65 Å². The quantitative estimate of drug-likeness (QED) is 0.445. The standard InChI is InChI=1S/C11H6N4O/c1-2-4-9-7(3-1)8-5-13-15-6-12-14-11(15)10(8)16-9/h1-6H. The van der Waals surface area contributed by atoms with Gasteiger partial charge in [0, 0.05) is 5.39 Å². The predicted molar refractivity (Wildman–Crippen MR) is 58.1 cm³/mol. The van der Waals surface area contributed by atoms with E-state index in [0.717, 1.165) is 21.9 Å². The van der Waals surface area contributed by atoms with Crippen molar-refractivity contribution >= 4 is 27.6 Å². The van der Waals surface area contributed by atoms with Crippen molar-refractivity contribution in [1.82, 2.24) is 19.8 Å². The third-order valence-corrected chi connectivity index (χ3v) is 2.68. The highest BCUT2D eigenvalue weighted by Crippen LogP contribution is 2.29. The van der Waals surface area contributed by atoms with Crippen LogP contribution in [0, 0.1) is 0 Å². The summed E-state index contributed by atoms with van der Waals surface area (Å²) >= 11 is 0. The maximum absolute atomic E-state index is 5.76. The molecule has 0 bridgehead atoms. The second-order valence-corrected chi connectivity index (χ2v) is 3.58. The zero-order valence-electron chi connectivity index (χ0n) is 8.16. The Morgan fingerprint density at radius 1 is 1.12 bits per heavy atom. The molecule has 76 valence electrons. The number of fused-ring (bicyclic) bond motifs is 5. The maximum Gasteiger partial charge on any atom is 0.221 e. The molecule has 0 atom stereocenters. The Kier molecular flexibility index (Phi) is 1.26. The third kappa shape index (κ3) is 0.826. The van der Waals surface area contributed by atoms with E-state index in [0.29, 0.717) is 5.65 Å². The van der Waals surface area contributed by atoms with Crippen LogP contribution in [-0.2, 0) is 0 Å². The molecule has 4 aromatic rings. The van der Waals surface area contributed by atoms with E-state index in [2.05, 4.69) is 15.3 Å². The predicted octanol–water partition coefficient (Wildman–Crippen LogP) is 2.02. The van der Waals surface area contributed by atoms with E-state index in [1.807, 2.05) is 24.3 Å². The highest BCUT2D eigenvalue weighted by molar-refractivity contribution is 6.08. The van der Waals surface area contributed by atoms with Gasteiger partial charge in [0.25, 0.3) is 0 Å². The van der Waals surface area contributed by atoms with Crippen LogP contribution in [0.15, 0.2) is 41.2 Å². The molecule has 0 aliphatic carbocycles. The molecular formula is C11H6N4O. The van der Waals surface area contributed by atoms with Crippen LogP contribution in [0.1, 0.15) is 0 Å². The fraction of sp³-hybridized carbons (Fsp3) is 0. The largest absolute Gasteiger partial charge is 0.452 e. The summed E-state index contributed by atoms with van der Waals surface area (Å²) in [5.41, 5.74) is 2.22. The second kappa shape index (κ2) is 2.57. The van der Waals surface area contributed by atoms with Crippen LogP contribution in [-0.4, -0.2) is 19.8 Å². The Morgan fingerprint density at radius 2 is 2.06 bits per heavy atom. The lowest BCUT2D eigenvalue weighted by Crippen LogP contribution is -1.88. The van der Waals surface area contributed by atoms with Gasteiger partial charge in [-0.1, -0.05) is 18.2 Å². The molecule has 0 aliphatic rings. The van der Waals surface area contributed by atoms with Crippen molar-refractivity contribution in [3.63, 3.8) is 0 Å². The van der Waals surface area contributed by atoms with Crippen LogP contribution in [0.4, 0.5) is 0 Å². The van der Waals surface area contributed by atoms with E-state index >= 15 is 0 Å². The highest BCUT2D eigenvalue weighted by Gasteiger charge is 2.11. The first-order valence-electron chi connectivity index (χ1n) is 4.90. The first-order chi connectivity index (χ1) is 7.93. The molecule has 4 rings (SSSR count). The van der Waals surface area contributed by atoms with Gasteiger partial charge < -0.3 is 4.42 Å². The molecule has 0 radical (unpaired) electrons. The van der Waals surface area contributed by atoms with Crippen molar-refractivity contribution in [2.75, 3.05) is 0 Å². The molecule has 0 fully saturated rings. The van der Waals surface area contributed by atoms with Crippen molar-refractivity contribution in [3.8, 4) is 0 Å². The number of benzene rings is 1. The Balaban J connectivity index is 2.38. The van der Waals surface area contributed by atoms with Crippen LogP contribution in [0.5, 0.6) is 0 Å². The molecule has 0 saturated carbocycles. The number of furan rings is 1. The van der Waals surface area contributed by atoms with Gasteiger partial charge in [-0.3, -0.25) is 0 Å². The summed E-state index contributed by atoms with van der Waals surface area (Å²) in [6, 6.07) is 7.86. The van der Waals surface area contributed by atoms with Crippen molar-refractivity contribution in [3.05, 3.63) is 36.8 Å². The maximum atomic E-state index is 5.76. The summed E-state index contributed by atoms with van der Waals surface area (Å²) in [7, 11) is 0. The molecule has 16 heavy (non-hydrogen) atoms. The van der Waals surface area contributed by atoms with Crippen LogP contribution in [0.2, 0.25) is 0 Å². The SMILES string of the molecule is c1ccc2c(c1)oc1c2cnn2cnnc12. The zero-order valence-corrected chi connectivity index (χ0v) is 8.16. The van der Waals surface area contributed by atoms with E-state index in [4.69, 9.17) is 4.42 Å². The molecule has 0 aliphatic heterocycles. The summed E-state index contributed by atoms with van der Waals surface area (Å²) in [6.07, 6.45) is 3.33. The zero-order chi connectivity index (χ0) is 10.5. The van der Waals surface area contributed by atoms with E-state index in [1.165, 1.54) is 0 Å². The molecule has 0 saturated heterocycles. The van der Waals surface area contributed by atoms with Crippen molar-refractivity contribution in [2.45, 2.75) is 0 Å². The molecule has 3 aromatic heterocycles. The lowest BCUT2D eigenvalue weighted by Gasteiger charge is -1.90. The number of rotatable bonds is 0. The number of hydrogen-bond acceptors (Lipinski definition) is 4. The monoisotopic (exact) mass is 210 g/mol. The van der Waals surface area contributed by atoms with Crippen LogP contribution in [0.25, 0.3) is 27.6 Å². The van der Waals surface area contributed by atoms with Gasteiger partial charge in [0.05, 0.1) is 11.6 Å². The lowest BCUT2D eigenvalue weighted by molar-refractivity contribution is 0.667. The van der Waals surface area contributed by atoms with E-state index < -0.39 is 0 Å². The molecule has 0 unspecified atom stereocenters. The normalized spacial score (nSPS) is 11.8. The minimum atomic E-state index is 0.647. The van der Waals surface area contributed by atoms with Gasteiger partial charge >= 0.3 is 0 Å². The molecule has 0 spiro atoms. The third-order valence-electron chi connectivity index (χ3n) is 2.68. The minimum absolute atomic E-state index is 0.647. The molecule has 1 aromatic carbocycles. The number of para-hydroxylation sites is 1. The van der Waals surface area contributed by atoms with Crippen LogP contribution in [0.3, 0.4) is 0 Å². The van der Waals surface area contributed by atoms with E-state index in [1.54, 1.807) is 17.0 Å². The summed E-state index contributed by atoms with van der Waals surface area (Å²) < 4.78 is 7.36. The Morgan fingerprint density at radius 3 is 3.06 bits per heavy atom. The van der Waals surface area contributed by atoms with Gasteiger partial charge in [0.15, 0.2) is 5.58 Å². The Bertz CT molecular complexity index is 814. The highest BCUT2D eigenvalue weighted by atomic mass is 16.3. The fourth-order valence-electron chi connectivity index (χ4n) is 1.94. The number of aromatic nitrogens is 4. The van der Waals surface area contributed by atoms with Gasteiger partial charge in [-0.05, 0) is 6.07 Å². The molecule has 3 heterocycles. The Labute approximate surface area is 89.3 Å². The smallest absolute Gasteiger partial charge is 0.221 e. The summed E-state index contributed by atoms with van der Waals surface area (Å²) in [5.74, 6) is 0. The van der Waals surface area contributed by atoms with Gasteiger partial charge in [-0.15, -0.1) is 10.2 Å². The number of nitrogens with zero attached hydrogens (tertiary/aromatic N) is 4. The summed E-state index contributed by atoms with van der Waals surface area (Å²) in [5, 5.41) is 14.1.